The van der Waals surface area contributed by atoms with Crippen molar-refractivity contribution in [2.45, 2.75) is 19.3 Å². The molecule has 2 aromatic rings. The summed E-state index contributed by atoms with van der Waals surface area (Å²) in [4.78, 5) is 12.2. The summed E-state index contributed by atoms with van der Waals surface area (Å²) in [5.41, 5.74) is 0.511. The van der Waals surface area contributed by atoms with Crippen LogP contribution < -0.4 is 5.32 Å². The Morgan fingerprint density at radius 2 is 2.30 bits per heavy atom. The number of hydrogen-bond acceptors (Lipinski definition) is 5. The Balaban J connectivity index is 1.80. The van der Waals surface area contributed by atoms with Gasteiger partial charge in [0.15, 0.2) is 0 Å². The average molecular weight is 268 g/mol. The molecule has 0 unspecified atom stereocenters. The highest BCUT2D eigenvalue weighted by atomic mass is 16.2. The maximum absolute atomic E-state index is 12.2. The molecule has 0 aliphatic heterocycles. The van der Waals surface area contributed by atoms with Crippen molar-refractivity contribution in [2.75, 3.05) is 5.32 Å². The van der Waals surface area contributed by atoms with Crippen LogP contribution in [-0.4, -0.2) is 26.5 Å². The fourth-order valence-corrected chi connectivity index (χ4v) is 2.19. The van der Waals surface area contributed by atoms with E-state index in [-0.39, 0.29) is 5.91 Å². The first-order valence-corrected chi connectivity index (χ1v) is 6.30. The molecule has 1 aliphatic rings. The fourth-order valence-electron chi connectivity index (χ4n) is 2.19. The Morgan fingerprint density at radius 3 is 2.90 bits per heavy atom. The van der Waals surface area contributed by atoms with Gasteiger partial charge < -0.3 is 5.32 Å². The summed E-state index contributed by atoms with van der Waals surface area (Å²) in [6.07, 6.45) is 2.17. The minimum Gasteiger partial charge on any atom is -0.325 e. The number of anilines is 1. The Morgan fingerprint density at radius 1 is 1.45 bits per heavy atom. The number of nitriles is 1. The predicted octanol–water partition coefficient (Wildman–Crippen LogP) is 1.50. The van der Waals surface area contributed by atoms with Gasteiger partial charge in [0.05, 0.1) is 6.07 Å². The lowest BCUT2D eigenvalue weighted by molar-refractivity contribution is -0.126. The van der Waals surface area contributed by atoms with Gasteiger partial charge in [-0.1, -0.05) is 12.1 Å². The van der Waals surface area contributed by atoms with E-state index in [0.717, 1.165) is 12.0 Å². The van der Waals surface area contributed by atoms with Crippen LogP contribution in [0.15, 0.2) is 24.3 Å². The van der Waals surface area contributed by atoms with E-state index in [1.807, 2.05) is 6.07 Å². The number of carbonyl (C=O) groups is 1. The first kappa shape index (κ1) is 12.3. The average Bonchev–Trinajstić information content (AvgIpc) is 2.92. The van der Waals surface area contributed by atoms with Crippen molar-refractivity contribution in [3.63, 3.8) is 0 Å². The van der Waals surface area contributed by atoms with Crippen molar-refractivity contribution >= 4 is 11.6 Å². The smallest absolute Gasteiger partial charge is 0.244 e. The molecule has 0 atom stereocenters. The Hall–Kier alpha value is -2.75. The second-order valence-corrected chi connectivity index (χ2v) is 4.82. The van der Waals surface area contributed by atoms with Gasteiger partial charge in [-0.2, -0.15) is 10.5 Å². The van der Waals surface area contributed by atoms with Crippen LogP contribution in [0.1, 0.15) is 19.3 Å². The Labute approximate surface area is 115 Å². The van der Waals surface area contributed by atoms with Crippen molar-refractivity contribution in [2.24, 2.45) is 5.41 Å². The maximum Gasteiger partial charge on any atom is 0.244 e. The van der Waals surface area contributed by atoms with Gasteiger partial charge in [0.2, 0.25) is 11.7 Å². The van der Waals surface area contributed by atoms with E-state index in [2.05, 4.69) is 32.0 Å². The predicted molar refractivity (Wildman–Crippen MR) is 70.1 cm³/mol. The van der Waals surface area contributed by atoms with Crippen LogP contribution in [0.2, 0.25) is 0 Å². The fraction of sp³-hybridized carbons (Fsp3) is 0.308. The van der Waals surface area contributed by atoms with Crippen molar-refractivity contribution < 1.29 is 4.79 Å². The summed E-state index contributed by atoms with van der Waals surface area (Å²) in [5.74, 6) is 0.219. The molecule has 1 amide bonds. The number of amides is 1. The van der Waals surface area contributed by atoms with Gasteiger partial charge in [-0.15, -0.1) is 10.2 Å². The number of nitrogens with one attached hydrogen (secondary N) is 2. The molecule has 1 fully saturated rings. The van der Waals surface area contributed by atoms with E-state index < -0.39 is 5.41 Å². The molecule has 20 heavy (non-hydrogen) atoms. The first-order valence-electron chi connectivity index (χ1n) is 6.30. The largest absolute Gasteiger partial charge is 0.325 e. The number of aromatic nitrogens is 4. The number of carbonyl (C=O) groups excluding carboxylic acids is 1. The molecule has 7 heteroatoms. The van der Waals surface area contributed by atoms with E-state index in [1.165, 1.54) is 0 Å². The third-order valence-corrected chi connectivity index (χ3v) is 3.58. The molecular formula is C13H12N6O. The van der Waals surface area contributed by atoms with Gasteiger partial charge in [0.25, 0.3) is 0 Å². The van der Waals surface area contributed by atoms with Crippen molar-refractivity contribution in [3.8, 4) is 17.5 Å². The second kappa shape index (κ2) is 4.74. The van der Waals surface area contributed by atoms with Crippen LogP contribution in [0.3, 0.4) is 0 Å². The molecule has 1 saturated carbocycles. The number of H-pyrrole nitrogens is 1. The molecule has 1 aliphatic carbocycles. The molecule has 7 nitrogen and oxygen atoms in total. The van der Waals surface area contributed by atoms with E-state index >= 15 is 0 Å². The third kappa shape index (κ3) is 2.01. The number of nitrogens with zero attached hydrogens (tertiary/aromatic N) is 4. The molecule has 100 valence electrons. The van der Waals surface area contributed by atoms with Crippen LogP contribution in [0.5, 0.6) is 0 Å². The molecule has 3 rings (SSSR count). The number of tetrazole rings is 1. The first-order chi connectivity index (χ1) is 9.73. The summed E-state index contributed by atoms with van der Waals surface area (Å²) >= 11 is 0. The zero-order valence-electron chi connectivity index (χ0n) is 10.6. The maximum atomic E-state index is 12.2. The van der Waals surface area contributed by atoms with E-state index in [1.54, 1.807) is 18.2 Å². The molecule has 1 heterocycles. The van der Waals surface area contributed by atoms with Crippen LogP contribution in [0.4, 0.5) is 5.69 Å². The molecule has 0 spiro atoms. The Kier molecular flexibility index (Phi) is 2.91. The molecule has 0 saturated heterocycles. The zero-order chi connectivity index (χ0) is 14.0. The van der Waals surface area contributed by atoms with Crippen molar-refractivity contribution in [1.82, 2.24) is 20.6 Å². The van der Waals surface area contributed by atoms with Crippen molar-refractivity contribution in [3.05, 3.63) is 24.3 Å². The summed E-state index contributed by atoms with van der Waals surface area (Å²) < 4.78 is 0. The molecule has 0 radical (unpaired) electrons. The lowest BCUT2D eigenvalue weighted by atomic mass is 9.69. The molecular weight excluding hydrogens is 256 g/mol. The van der Waals surface area contributed by atoms with E-state index in [9.17, 15) is 4.79 Å². The summed E-state index contributed by atoms with van der Waals surface area (Å²) in [5, 5.41) is 25.6. The number of rotatable bonds is 3. The van der Waals surface area contributed by atoms with Gasteiger partial charge in [0, 0.05) is 11.3 Å². The van der Waals surface area contributed by atoms with Crippen LogP contribution >= 0.6 is 0 Å². The van der Waals surface area contributed by atoms with Gasteiger partial charge >= 0.3 is 0 Å². The minimum absolute atomic E-state index is 0.239. The summed E-state index contributed by atoms with van der Waals surface area (Å²) in [6, 6.07) is 9.27. The normalized spacial score (nSPS) is 15.9. The van der Waals surface area contributed by atoms with Crippen LogP contribution in [0, 0.1) is 16.7 Å². The standard InChI is InChI=1S/C13H12N6O/c14-8-13(5-2-6-13)12(20)15-10-4-1-3-9(7-10)11-16-18-19-17-11/h1,3-4,7H,2,5-6H2,(H,15,20)(H,16,17,18,19). The minimum atomic E-state index is -0.859. The number of hydrogen-bond donors (Lipinski definition) is 2. The quantitative estimate of drug-likeness (QED) is 0.877. The third-order valence-electron chi connectivity index (χ3n) is 3.58. The van der Waals surface area contributed by atoms with Gasteiger partial charge in [-0.3, -0.25) is 4.79 Å². The number of benzene rings is 1. The molecule has 0 bridgehead atoms. The number of aromatic amines is 1. The SMILES string of the molecule is N#CC1(C(=O)Nc2cccc(-c3nn[nH]n3)c2)CCC1. The van der Waals surface area contributed by atoms with Gasteiger partial charge in [-0.05, 0) is 36.6 Å². The van der Waals surface area contributed by atoms with E-state index in [4.69, 9.17) is 5.26 Å². The monoisotopic (exact) mass is 268 g/mol. The van der Waals surface area contributed by atoms with Gasteiger partial charge in [0.1, 0.15) is 5.41 Å². The second-order valence-electron chi connectivity index (χ2n) is 4.82. The summed E-state index contributed by atoms with van der Waals surface area (Å²) in [7, 11) is 0. The zero-order valence-corrected chi connectivity index (χ0v) is 10.6. The highest BCUT2D eigenvalue weighted by molar-refractivity contribution is 5.98. The van der Waals surface area contributed by atoms with Crippen LogP contribution in [0.25, 0.3) is 11.4 Å². The van der Waals surface area contributed by atoms with Crippen LogP contribution in [-0.2, 0) is 4.79 Å². The lowest BCUT2D eigenvalue weighted by Crippen LogP contribution is -2.40. The highest BCUT2D eigenvalue weighted by Crippen LogP contribution is 2.41. The van der Waals surface area contributed by atoms with Gasteiger partial charge in [-0.25, -0.2) is 0 Å². The highest BCUT2D eigenvalue weighted by Gasteiger charge is 2.44. The van der Waals surface area contributed by atoms with Crippen molar-refractivity contribution in [1.29, 1.82) is 5.26 Å². The Bertz CT molecular complexity index is 668. The summed E-state index contributed by atoms with van der Waals surface area (Å²) in [6.45, 7) is 0. The topological polar surface area (TPSA) is 107 Å². The molecule has 1 aromatic carbocycles. The van der Waals surface area contributed by atoms with E-state index in [0.29, 0.717) is 24.4 Å². The molecule has 2 N–H and O–H groups in total. The molecule has 1 aromatic heterocycles. The lowest BCUT2D eigenvalue weighted by Gasteiger charge is -2.33.